The third-order valence-corrected chi connectivity index (χ3v) is 4.98. The fourth-order valence-electron chi connectivity index (χ4n) is 3.57. The highest BCUT2D eigenvalue weighted by Crippen LogP contribution is 2.47. The highest BCUT2D eigenvalue weighted by molar-refractivity contribution is 5.93. The topological polar surface area (TPSA) is 104 Å². The number of amidine groups is 1. The number of nitrogens with zero attached hydrogens (tertiary/aromatic N) is 3. The Balaban J connectivity index is 2.18. The van der Waals surface area contributed by atoms with Crippen LogP contribution in [-0.2, 0) is 11.2 Å². The van der Waals surface area contributed by atoms with Crippen molar-refractivity contribution < 1.29 is 9.47 Å². The number of hydrogen-bond acceptors (Lipinski definition) is 6. The van der Waals surface area contributed by atoms with Crippen LogP contribution >= 0.6 is 0 Å². The molecule has 140 valence electrons. The van der Waals surface area contributed by atoms with E-state index in [0.29, 0.717) is 6.42 Å². The molecule has 6 nitrogen and oxygen atoms in total. The zero-order chi connectivity index (χ0) is 20.1. The Bertz CT molecular complexity index is 998. The first-order chi connectivity index (χ1) is 13.6. The summed E-state index contributed by atoms with van der Waals surface area (Å²) in [6.07, 6.45) is 0.296. The Morgan fingerprint density at radius 1 is 1.04 bits per heavy atom. The SMILES string of the molecule is COC1=C(C#N)C(c2ccccc2)C(C#N)(Cc2ccc(OC)cc2)C(N)=N1. The summed E-state index contributed by atoms with van der Waals surface area (Å²) in [7, 11) is 3.04. The molecule has 1 aliphatic heterocycles. The van der Waals surface area contributed by atoms with E-state index in [0.717, 1.165) is 16.9 Å². The number of aliphatic imine (C=N–C) groups is 1. The summed E-state index contributed by atoms with van der Waals surface area (Å²) in [5, 5.41) is 20.1. The van der Waals surface area contributed by atoms with Crippen molar-refractivity contribution in [3.05, 3.63) is 77.2 Å². The first-order valence-electron chi connectivity index (χ1n) is 8.71. The molecule has 0 aliphatic carbocycles. The number of hydrogen-bond donors (Lipinski definition) is 1. The number of nitrogens with two attached hydrogens (primary N) is 1. The first-order valence-corrected chi connectivity index (χ1v) is 8.71. The minimum atomic E-state index is -1.22. The Morgan fingerprint density at radius 3 is 2.25 bits per heavy atom. The minimum Gasteiger partial charge on any atom is -0.497 e. The Labute approximate surface area is 164 Å². The Morgan fingerprint density at radius 2 is 1.71 bits per heavy atom. The quantitative estimate of drug-likeness (QED) is 0.867. The Hall–Kier alpha value is -3.77. The van der Waals surface area contributed by atoms with Crippen molar-refractivity contribution in [3.63, 3.8) is 0 Å². The van der Waals surface area contributed by atoms with E-state index in [4.69, 9.17) is 15.2 Å². The summed E-state index contributed by atoms with van der Waals surface area (Å²) in [6, 6.07) is 21.4. The van der Waals surface area contributed by atoms with Crippen molar-refractivity contribution in [2.24, 2.45) is 16.1 Å². The van der Waals surface area contributed by atoms with Crippen LogP contribution in [-0.4, -0.2) is 20.1 Å². The van der Waals surface area contributed by atoms with E-state index >= 15 is 0 Å². The van der Waals surface area contributed by atoms with E-state index < -0.39 is 11.3 Å². The van der Waals surface area contributed by atoms with Gasteiger partial charge < -0.3 is 15.2 Å². The van der Waals surface area contributed by atoms with Crippen molar-refractivity contribution >= 4 is 5.84 Å². The molecule has 3 rings (SSSR count). The third kappa shape index (κ3) is 3.17. The van der Waals surface area contributed by atoms with Gasteiger partial charge in [0.05, 0.1) is 26.2 Å². The molecule has 6 heteroatoms. The second-order valence-electron chi connectivity index (χ2n) is 6.48. The maximum Gasteiger partial charge on any atom is 0.229 e. The van der Waals surface area contributed by atoms with E-state index in [1.807, 2.05) is 54.6 Å². The summed E-state index contributed by atoms with van der Waals surface area (Å²) < 4.78 is 10.5. The molecule has 0 aromatic heterocycles. The van der Waals surface area contributed by atoms with Crippen molar-refractivity contribution in [1.29, 1.82) is 10.5 Å². The normalized spacial score (nSPS) is 21.3. The summed E-state index contributed by atoms with van der Waals surface area (Å²) in [6.45, 7) is 0. The maximum atomic E-state index is 10.3. The van der Waals surface area contributed by atoms with Crippen LogP contribution < -0.4 is 10.5 Å². The van der Waals surface area contributed by atoms with Crippen LogP contribution in [0.1, 0.15) is 17.0 Å². The first kappa shape index (κ1) is 19.0. The van der Waals surface area contributed by atoms with Gasteiger partial charge in [-0.2, -0.15) is 15.5 Å². The molecule has 1 aliphatic rings. The van der Waals surface area contributed by atoms with Crippen LogP contribution in [0.3, 0.4) is 0 Å². The Kier molecular flexibility index (Phi) is 5.33. The fourth-order valence-corrected chi connectivity index (χ4v) is 3.57. The number of methoxy groups -OCH3 is 2. The second-order valence-corrected chi connectivity index (χ2v) is 6.48. The predicted octanol–water partition coefficient (Wildman–Crippen LogP) is 3.28. The van der Waals surface area contributed by atoms with Gasteiger partial charge in [-0.15, -0.1) is 0 Å². The van der Waals surface area contributed by atoms with Crippen molar-refractivity contribution in [2.75, 3.05) is 14.2 Å². The number of rotatable bonds is 5. The van der Waals surface area contributed by atoms with Crippen molar-refractivity contribution in [2.45, 2.75) is 12.3 Å². The highest BCUT2D eigenvalue weighted by atomic mass is 16.5. The molecule has 28 heavy (non-hydrogen) atoms. The van der Waals surface area contributed by atoms with Crippen molar-refractivity contribution in [3.8, 4) is 17.9 Å². The summed E-state index contributed by atoms with van der Waals surface area (Å²) in [5.41, 5.74) is 7.08. The average Bonchev–Trinajstić information content (AvgIpc) is 2.75. The monoisotopic (exact) mass is 372 g/mol. The van der Waals surface area contributed by atoms with Gasteiger partial charge in [0.1, 0.15) is 28.6 Å². The highest BCUT2D eigenvalue weighted by Gasteiger charge is 2.50. The maximum absolute atomic E-state index is 10.3. The van der Waals surface area contributed by atoms with Gasteiger partial charge in [0.2, 0.25) is 5.88 Å². The summed E-state index contributed by atoms with van der Waals surface area (Å²) in [4.78, 5) is 4.27. The molecular weight excluding hydrogens is 352 g/mol. The van der Waals surface area contributed by atoms with E-state index in [1.54, 1.807) is 7.11 Å². The standard InChI is InChI=1S/C22H20N4O2/c1-27-17-10-8-15(9-11-17)12-22(14-24)19(16-6-4-3-5-7-16)18(13-23)20(28-2)26-21(22)25/h3-11,19H,12H2,1-2H3,(H2,25,26). The molecule has 2 aromatic carbocycles. The lowest BCUT2D eigenvalue weighted by Gasteiger charge is -2.37. The molecule has 0 radical (unpaired) electrons. The zero-order valence-electron chi connectivity index (χ0n) is 15.7. The molecule has 0 spiro atoms. The lowest BCUT2D eigenvalue weighted by molar-refractivity contribution is 0.271. The molecule has 2 aromatic rings. The van der Waals surface area contributed by atoms with Crippen LogP contribution in [0.25, 0.3) is 0 Å². The van der Waals surface area contributed by atoms with Gasteiger partial charge in [-0.1, -0.05) is 42.5 Å². The molecule has 2 atom stereocenters. The van der Waals surface area contributed by atoms with Crippen molar-refractivity contribution in [1.82, 2.24) is 0 Å². The lowest BCUT2D eigenvalue weighted by atomic mass is 9.64. The number of benzene rings is 2. The van der Waals surface area contributed by atoms with Crippen LogP contribution in [0.15, 0.2) is 71.0 Å². The second kappa shape index (κ2) is 7.85. The van der Waals surface area contributed by atoms with Gasteiger partial charge in [0.15, 0.2) is 0 Å². The minimum absolute atomic E-state index is 0.135. The average molecular weight is 372 g/mol. The van der Waals surface area contributed by atoms with E-state index in [-0.39, 0.29) is 17.3 Å². The molecule has 0 bridgehead atoms. The fraction of sp³-hybridized carbons (Fsp3) is 0.227. The number of nitriles is 2. The smallest absolute Gasteiger partial charge is 0.229 e. The van der Waals surface area contributed by atoms with E-state index in [1.165, 1.54) is 7.11 Å². The van der Waals surface area contributed by atoms with Gasteiger partial charge in [-0.3, -0.25) is 0 Å². The lowest BCUT2D eigenvalue weighted by Crippen LogP contribution is -2.46. The van der Waals surface area contributed by atoms with Gasteiger partial charge in [-0.05, 0) is 29.7 Å². The predicted molar refractivity (Wildman–Crippen MR) is 105 cm³/mol. The van der Waals surface area contributed by atoms with Gasteiger partial charge in [0.25, 0.3) is 0 Å². The molecule has 0 fully saturated rings. The summed E-state index contributed by atoms with van der Waals surface area (Å²) >= 11 is 0. The largest absolute Gasteiger partial charge is 0.497 e. The molecule has 0 amide bonds. The molecule has 2 unspecified atom stereocenters. The summed E-state index contributed by atoms with van der Waals surface area (Å²) in [5.74, 6) is 0.405. The van der Waals surface area contributed by atoms with Gasteiger partial charge in [-0.25, -0.2) is 0 Å². The van der Waals surface area contributed by atoms with Crippen LogP contribution in [0.5, 0.6) is 5.75 Å². The van der Waals surface area contributed by atoms with Crippen LogP contribution in [0.4, 0.5) is 0 Å². The van der Waals surface area contributed by atoms with E-state index in [2.05, 4.69) is 17.1 Å². The van der Waals surface area contributed by atoms with Gasteiger partial charge >= 0.3 is 0 Å². The van der Waals surface area contributed by atoms with E-state index in [9.17, 15) is 10.5 Å². The van der Waals surface area contributed by atoms with Crippen LogP contribution in [0, 0.1) is 28.1 Å². The third-order valence-electron chi connectivity index (χ3n) is 4.98. The van der Waals surface area contributed by atoms with Gasteiger partial charge in [0, 0.05) is 0 Å². The molecule has 1 heterocycles. The molecule has 2 N–H and O–H groups in total. The zero-order valence-corrected chi connectivity index (χ0v) is 15.7. The number of ether oxygens (including phenoxy) is 2. The molecule has 0 saturated carbocycles. The molecular formula is C22H20N4O2. The van der Waals surface area contributed by atoms with Crippen LogP contribution in [0.2, 0.25) is 0 Å². The molecule has 0 saturated heterocycles. The number of allylic oxidation sites excluding steroid dienone is 1.